The van der Waals surface area contributed by atoms with Crippen molar-refractivity contribution in [2.75, 3.05) is 5.75 Å². The summed E-state index contributed by atoms with van der Waals surface area (Å²) in [5.41, 5.74) is 4.23. The first kappa shape index (κ1) is 13.7. The number of hydrogen-bond donors (Lipinski definition) is 1. The van der Waals surface area contributed by atoms with Crippen LogP contribution in [0, 0.1) is 0 Å². The second-order valence-corrected chi connectivity index (χ2v) is 6.74. The Kier molecular flexibility index (Phi) is 4.13. The fraction of sp³-hybridized carbons (Fsp3) is 0.333. The summed E-state index contributed by atoms with van der Waals surface area (Å²) in [4.78, 5) is 1.43. The monoisotopic (exact) mass is 283 g/mol. The summed E-state index contributed by atoms with van der Waals surface area (Å²) in [5, 5.41) is 3.68. The average Bonchev–Trinajstić information content (AvgIpc) is 2.89. The number of nitrogens with one attached hydrogen (secondary N) is 1. The molecule has 20 heavy (non-hydrogen) atoms. The van der Waals surface area contributed by atoms with Gasteiger partial charge in [-0.05, 0) is 28.7 Å². The Morgan fingerprint density at radius 1 is 1.10 bits per heavy atom. The van der Waals surface area contributed by atoms with Crippen LogP contribution in [0.25, 0.3) is 0 Å². The lowest BCUT2D eigenvalue weighted by Crippen LogP contribution is -2.20. The molecule has 0 aromatic heterocycles. The van der Waals surface area contributed by atoms with Crippen molar-refractivity contribution in [3.05, 3.63) is 65.2 Å². The van der Waals surface area contributed by atoms with Crippen molar-refractivity contribution >= 4 is 11.8 Å². The van der Waals surface area contributed by atoms with Crippen LogP contribution in [0.4, 0.5) is 0 Å². The van der Waals surface area contributed by atoms with Crippen LogP contribution in [-0.4, -0.2) is 5.75 Å². The minimum absolute atomic E-state index is 0.487. The molecule has 0 amide bonds. The molecule has 0 fully saturated rings. The predicted octanol–water partition coefficient (Wildman–Crippen LogP) is 4.75. The van der Waals surface area contributed by atoms with E-state index in [-0.39, 0.29) is 0 Å². The molecule has 0 aliphatic carbocycles. The number of rotatable bonds is 4. The summed E-state index contributed by atoms with van der Waals surface area (Å²) in [7, 11) is 0. The maximum atomic E-state index is 3.68. The molecule has 2 heteroatoms. The zero-order valence-electron chi connectivity index (χ0n) is 12.1. The van der Waals surface area contributed by atoms with Gasteiger partial charge in [-0.2, -0.15) is 0 Å². The van der Waals surface area contributed by atoms with Gasteiger partial charge in [0, 0.05) is 23.2 Å². The normalized spacial score (nSPS) is 17.4. The summed E-state index contributed by atoms with van der Waals surface area (Å²) in [6.45, 7) is 5.41. The van der Waals surface area contributed by atoms with Crippen LogP contribution >= 0.6 is 11.8 Å². The molecule has 0 spiro atoms. The molecule has 0 radical (unpaired) electrons. The van der Waals surface area contributed by atoms with Crippen LogP contribution in [0.2, 0.25) is 0 Å². The standard InChI is InChI=1S/C18H21NS/c1-13(2)15-9-7-14(8-10-15)11-19-17-12-20-18-6-4-3-5-16(17)18/h3-10,13,17,19H,11-12H2,1-2H3. The lowest BCUT2D eigenvalue weighted by atomic mass is 10.0. The SMILES string of the molecule is CC(C)c1ccc(CNC2CSc3ccccc32)cc1. The Bertz CT molecular complexity index is 574. The summed E-state index contributed by atoms with van der Waals surface area (Å²) in [6, 6.07) is 18.2. The van der Waals surface area contributed by atoms with Gasteiger partial charge < -0.3 is 5.32 Å². The van der Waals surface area contributed by atoms with Gasteiger partial charge in [0.1, 0.15) is 0 Å². The molecule has 1 nitrogen and oxygen atoms in total. The molecule has 0 saturated carbocycles. The Hall–Kier alpha value is -1.25. The van der Waals surface area contributed by atoms with E-state index >= 15 is 0 Å². The van der Waals surface area contributed by atoms with E-state index in [0.717, 1.165) is 12.3 Å². The van der Waals surface area contributed by atoms with Crippen molar-refractivity contribution in [3.63, 3.8) is 0 Å². The molecule has 2 aromatic carbocycles. The predicted molar refractivity (Wildman–Crippen MR) is 87.3 cm³/mol. The fourth-order valence-corrected chi connectivity index (χ4v) is 3.79. The van der Waals surface area contributed by atoms with E-state index in [0.29, 0.717) is 12.0 Å². The van der Waals surface area contributed by atoms with Crippen LogP contribution < -0.4 is 5.32 Å². The van der Waals surface area contributed by atoms with Gasteiger partial charge in [-0.3, -0.25) is 0 Å². The summed E-state index contributed by atoms with van der Waals surface area (Å²) < 4.78 is 0. The number of benzene rings is 2. The first-order valence-corrected chi connectivity index (χ1v) is 8.26. The zero-order valence-corrected chi connectivity index (χ0v) is 12.9. The van der Waals surface area contributed by atoms with Gasteiger partial charge in [0.25, 0.3) is 0 Å². The minimum atomic E-state index is 0.487. The second kappa shape index (κ2) is 6.02. The largest absolute Gasteiger partial charge is 0.305 e. The van der Waals surface area contributed by atoms with Crippen molar-refractivity contribution in [3.8, 4) is 0 Å². The minimum Gasteiger partial charge on any atom is -0.305 e. The zero-order chi connectivity index (χ0) is 13.9. The van der Waals surface area contributed by atoms with E-state index in [1.807, 2.05) is 11.8 Å². The number of fused-ring (bicyclic) bond motifs is 1. The molecule has 1 atom stereocenters. The van der Waals surface area contributed by atoms with Gasteiger partial charge in [0.15, 0.2) is 0 Å². The Morgan fingerprint density at radius 3 is 2.60 bits per heavy atom. The summed E-state index contributed by atoms with van der Waals surface area (Å²) in [6.07, 6.45) is 0. The molecule has 2 aromatic rings. The van der Waals surface area contributed by atoms with Gasteiger partial charge in [-0.1, -0.05) is 56.3 Å². The highest BCUT2D eigenvalue weighted by molar-refractivity contribution is 7.99. The van der Waals surface area contributed by atoms with Gasteiger partial charge in [0.05, 0.1) is 0 Å². The van der Waals surface area contributed by atoms with Crippen molar-refractivity contribution in [2.24, 2.45) is 0 Å². The number of thioether (sulfide) groups is 1. The smallest absolute Gasteiger partial charge is 0.0429 e. The molecular formula is C18H21NS. The third-order valence-electron chi connectivity index (χ3n) is 3.90. The first-order chi connectivity index (χ1) is 9.74. The van der Waals surface area contributed by atoms with Crippen molar-refractivity contribution in [1.29, 1.82) is 0 Å². The maximum Gasteiger partial charge on any atom is 0.0429 e. The van der Waals surface area contributed by atoms with Crippen LogP contribution in [0.3, 0.4) is 0 Å². The van der Waals surface area contributed by atoms with Crippen LogP contribution in [0.5, 0.6) is 0 Å². The molecule has 0 saturated heterocycles. The van der Waals surface area contributed by atoms with Crippen molar-refractivity contribution < 1.29 is 0 Å². The topological polar surface area (TPSA) is 12.0 Å². The fourth-order valence-electron chi connectivity index (χ4n) is 2.59. The van der Waals surface area contributed by atoms with E-state index < -0.39 is 0 Å². The highest BCUT2D eigenvalue weighted by Crippen LogP contribution is 2.37. The quantitative estimate of drug-likeness (QED) is 0.869. The molecule has 1 heterocycles. The lowest BCUT2D eigenvalue weighted by molar-refractivity contribution is 0.583. The van der Waals surface area contributed by atoms with E-state index in [4.69, 9.17) is 0 Å². The highest BCUT2D eigenvalue weighted by atomic mass is 32.2. The van der Waals surface area contributed by atoms with Gasteiger partial charge >= 0.3 is 0 Å². The molecule has 1 N–H and O–H groups in total. The van der Waals surface area contributed by atoms with E-state index in [2.05, 4.69) is 67.7 Å². The average molecular weight is 283 g/mol. The Balaban J connectivity index is 1.63. The maximum absolute atomic E-state index is 3.68. The molecular weight excluding hydrogens is 262 g/mol. The van der Waals surface area contributed by atoms with Crippen molar-refractivity contribution in [1.82, 2.24) is 5.32 Å². The molecule has 1 aliphatic heterocycles. The molecule has 0 bridgehead atoms. The summed E-state index contributed by atoms with van der Waals surface area (Å²) >= 11 is 1.95. The Morgan fingerprint density at radius 2 is 1.85 bits per heavy atom. The van der Waals surface area contributed by atoms with Gasteiger partial charge in [0.2, 0.25) is 0 Å². The lowest BCUT2D eigenvalue weighted by Gasteiger charge is -2.14. The first-order valence-electron chi connectivity index (χ1n) is 7.28. The van der Waals surface area contributed by atoms with Crippen LogP contribution in [0.1, 0.15) is 42.5 Å². The van der Waals surface area contributed by atoms with Gasteiger partial charge in [-0.25, -0.2) is 0 Å². The summed E-state index contributed by atoms with van der Waals surface area (Å²) in [5.74, 6) is 1.75. The molecule has 104 valence electrons. The van der Waals surface area contributed by atoms with E-state index in [1.165, 1.54) is 21.6 Å². The molecule has 3 rings (SSSR count). The van der Waals surface area contributed by atoms with Crippen LogP contribution in [-0.2, 0) is 6.54 Å². The molecule has 1 unspecified atom stereocenters. The highest BCUT2D eigenvalue weighted by Gasteiger charge is 2.21. The third kappa shape index (κ3) is 2.92. The third-order valence-corrected chi connectivity index (χ3v) is 5.08. The van der Waals surface area contributed by atoms with Crippen molar-refractivity contribution in [2.45, 2.75) is 37.2 Å². The second-order valence-electron chi connectivity index (χ2n) is 5.68. The van der Waals surface area contributed by atoms with E-state index in [9.17, 15) is 0 Å². The van der Waals surface area contributed by atoms with Crippen LogP contribution in [0.15, 0.2) is 53.4 Å². The Labute approximate surface area is 125 Å². The van der Waals surface area contributed by atoms with E-state index in [1.54, 1.807) is 0 Å². The number of hydrogen-bond acceptors (Lipinski definition) is 2. The van der Waals surface area contributed by atoms with Gasteiger partial charge in [-0.15, -0.1) is 11.8 Å². The molecule has 1 aliphatic rings.